The van der Waals surface area contributed by atoms with Crippen LogP contribution in [0.15, 0.2) is 97.7 Å². The molecule has 2 heterocycles. The summed E-state index contributed by atoms with van der Waals surface area (Å²) in [6.45, 7) is 7.50. The molecule has 3 aromatic carbocycles. The number of hydrazine groups is 2. The molecule has 0 aliphatic carbocycles. The molecular weight excluding hydrogens is 883 g/mol. The van der Waals surface area contributed by atoms with Gasteiger partial charge in [0.1, 0.15) is 30.4 Å². The van der Waals surface area contributed by atoms with Gasteiger partial charge < -0.3 is 37.1 Å². The quantitative estimate of drug-likeness (QED) is 0.0756. The summed E-state index contributed by atoms with van der Waals surface area (Å²) < 4.78 is 5.31. The predicted molar refractivity (Wildman–Crippen MR) is 260 cm³/mol. The summed E-state index contributed by atoms with van der Waals surface area (Å²) in [4.78, 5) is 102. The number of carbonyl (C=O) groups is 7. The number of urea groups is 1. The van der Waals surface area contributed by atoms with E-state index in [2.05, 4.69) is 50.2 Å². The normalized spacial score (nSPS) is 20.4. The van der Waals surface area contributed by atoms with Gasteiger partial charge in [0, 0.05) is 36.5 Å². The van der Waals surface area contributed by atoms with Crippen molar-refractivity contribution < 1.29 is 38.3 Å². The van der Waals surface area contributed by atoms with Crippen molar-refractivity contribution in [1.29, 1.82) is 0 Å². The molecule has 69 heavy (non-hydrogen) atoms. The van der Waals surface area contributed by atoms with Gasteiger partial charge in [0.2, 0.25) is 23.6 Å². The van der Waals surface area contributed by atoms with Crippen LogP contribution in [0.4, 0.5) is 4.79 Å². The number of ether oxygens (including phenoxy) is 1. The number of H-pyrrole nitrogens is 1. The first-order valence-electron chi connectivity index (χ1n) is 22.8. The fourth-order valence-electron chi connectivity index (χ4n) is 7.52. The second kappa shape index (κ2) is 26.0. The fourth-order valence-corrected chi connectivity index (χ4v) is 7.52. The zero-order chi connectivity index (χ0) is 49.9. The number of nitrogens with one attached hydrogen (secondary N) is 6. The Morgan fingerprint density at radius 2 is 1.59 bits per heavy atom. The van der Waals surface area contributed by atoms with Crippen LogP contribution in [0.1, 0.15) is 56.2 Å². The Morgan fingerprint density at radius 1 is 0.884 bits per heavy atom. The minimum Gasteiger partial charge on any atom is -0.497 e. The zero-order valence-corrected chi connectivity index (χ0v) is 39.3. The van der Waals surface area contributed by atoms with E-state index in [1.54, 1.807) is 36.5 Å². The molecule has 366 valence electrons. The number of benzene rings is 3. The third-order valence-electron chi connectivity index (χ3n) is 11.5. The number of hydrogen-bond acceptors (Lipinski definition) is 10. The van der Waals surface area contributed by atoms with Crippen molar-refractivity contribution in [2.24, 2.45) is 17.4 Å². The SMILES string of the molecule is C=CCN1CC#CCN(NC(=O)[C@@H](C)N)C(=O)N[C@H](Cc2c[nH]c3ccccc23)C(=O)N[C@@H](C)C(=O)NN(Cc2ccc(OC)cc2)C(=O)C[C@H](Cc2ccccc2)C(=O)N[C@H](C(N)=O)CCCC1. The van der Waals surface area contributed by atoms with Crippen LogP contribution in [-0.2, 0) is 48.2 Å². The van der Waals surface area contributed by atoms with Crippen LogP contribution in [0.25, 0.3) is 10.9 Å². The van der Waals surface area contributed by atoms with E-state index in [1.807, 2.05) is 59.5 Å². The van der Waals surface area contributed by atoms with Gasteiger partial charge in [-0.3, -0.25) is 44.5 Å². The maximum atomic E-state index is 14.5. The number of hydrogen-bond donors (Lipinski definition) is 8. The van der Waals surface area contributed by atoms with E-state index in [0.29, 0.717) is 42.8 Å². The van der Waals surface area contributed by atoms with Crippen LogP contribution in [0.3, 0.4) is 0 Å². The predicted octanol–water partition coefficient (Wildman–Crippen LogP) is 1.94. The number of carbonyl (C=O) groups excluding carboxylic acids is 7. The van der Waals surface area contributed by atoms with Crippen molar-refractivity contribution in [3.63, 3.8) is 0 Å². The van der Waals surface area contributed by atoms with Crippen LogP contribution in [0, 0.1) is 17.8 Å². The molecule has 19 nitrogen and oxygen atoms in total. The second-order valence-electron chi connectivity index (χ2n) is 16.9. The molecule has 1 aromatic heterocycles. The third-order valence-corrected chi connectivity index (χ3v) is 11.5. The van der Waals surface area contributed by atoms with E-state index in [-0.39, 0.29) is 38.9 Å². The highest BCUT2D eigenvalue weighted by molar-refractivity contribution is 5.95. The molecule has 1 aliphatic rings. The van der Waals surface area contributed by atoms with Crippen LogP contribution in [0.2, 0.25) is 0 Å². The molecule has 0 fully saturated rings. The van der Waals surface area contributed by atoms with Crippen molar-refractivity contribution in [1.82, 2.24) is 46.7 Å². The van der Waals surface area contributed by atoms with E-state index in [4.69, 9.17) is 16.2 Å². The van der Waals surface area contributed by atoms with Crippen molar-refractivity contribution in [3.05, 3.63) is 114 Å². The molecule has 4 aromatic rings. The number of para-hydroxylation sites is 1. The third kappa shape index (κ3) is 16.0. The molecule has 0 radical (unpaired) electrons. The number of methoxy groups -OCH3 is 1. The van der Waals surface area contributed by atoms with Gasteiger partial charge in [-0.2, -0.15) is 0 Å². The average molecular weight is 946 g/mol. The van der Waals surface area contributed by atoms with Crippen molar-refractivity contribution in [3.8, 4) is 17.6 Å². The summed E-state index contributed by atoms with van der Waals surface area (Å²) in [7, 11) is 1.51. The summed E-state index contributed by atoms with van der Waals surface area (Å²) in [6, 6.07) is 17.8. The van der Waals surface area contributed by atoms with E-state index in [0.717, 1.165) is 26.5 Å². The number of amides is 8. The fraction of sp³-hybridized carbons (Fsp3) is 0.380. The summed E-state index contributed by atoms with van der Waals surface area (Å²) in [5.41, 5.74) is 19.6. The number of rotatable bonds is 12. The molecule has 0 saturated carbocycles. The molecule has 8 amide bonds. The lowest BCUT2D eigenvalue weighted by molar-refractivity contribution is -0.145. The van der Waals surface area contributed by atoms with Gasteiger partial charge in [-0.15, -0.1) is 6.58 Å². The smallest absolute Gasteiger partial charge is 0.337 e. The van der Waals surface area contributed by atoms with Crippen LogP contribution in [0.5, 0.6) is 5.75 Å². The summed E-state index contributed by atoms with van der Waals surface area (Å²) in [5, 5.41) is 11.0. The molecular formula is C50H63N11O8. The van der Waals surface area contributed by atoms with Crippen molar-refractivity contribution >= 4 is 52.4 Å². The number of nitrogens with zero attached hydrogens (tertiary/aromatic N) is 3. The lowest BCUT2D eigenvalue weighted by atomic mass is 9.94. The van der Waals surface area contributed by atoms with Crippen LogP contribution < -0.4 is 43.0 Å². The molecule has 0 saturated heterocycles. The molecule has 5 atom stereocenters. The number of nitrogens with two attached hydrogens (primary N) is 2. The maximum Gasteiger partial charge on any atom is 0.337 e. The van der Waals surface area contributed by atoms with Gasteiger partial charge in [-0.05, 0) is 81.0 Å². The second-order valence-corrected chi connectivity index (χ2v) is 16.9. The number of fused-ring (bicyclic) bond motifs is 1. The first kappa shape index (κ1) is 52.3. The highest BCUT2D eigenvalue weighted by Crippen LogP contribution is 2.21. The summed E-state index contributed by atoms with van der Waals surface area (Å²) in [5.74, 6) is 1.32. The van der Waals surface area contributed by atoms with Crippen molar-refractivity contribution in [2.75, 3.05) is 33.3 Å². The number of aromatic nitrogens is 1. The van der Waals surface area contributed by atoms with Crippen LogP contribution >= 0.6 is 0 Å². The zero-order valence-electron chi connectivity index (χ0n) is 39.3. The van der Waals surface area contributed by atoms with Gasteiger partial charge in [0.15, 0.2) is 0 Å². The molecule has 0 unspecified atom stereocenters. The number of primary amides is 1. The lowest BCUT2D eigenvalue weighted by Gasteiger charge is -2.29. The monoisotopic (exact) mass is 945 g/mol. The van der Waals surface area contributed by atoms with Crippen molar-refractivity contribution in [2.45, 2.75) is 83.1 Å². The molecule has 19 heteroatoms. The Balaban J connectivity index is 1.51. The Bertz CT molecular complexity index is 2480. The highest BCUT2D eigenvalue weighted by atomic mass is 16.5. The minimum absolute atomic E-state index is 0.0449. The molecule has 0 spiro atoms. The van der Waals surface area contributed by atoms with E-state index in [1.165, 1.54) is 21.0 Å². The summed E-state index contributed by atoms with van der Waals surface area (Å²) >= 11 is 0. The standard InChI is InChI=1S/C50H63N11O8/c1-5-24-59-25-12-11-19-42(45(52)63)55-48(66)37(28-35-15-7-6-8-16-35)30-44(62)61(32-36-20-22-39(69-4)23-21-36)58-47(65)34(3)54-49(67)43(29-38-31-53-41-18-10-9-17-40(38)41)56-50(68)60(27-14-13-26-59)57-46(64)33(2)51/h5-10,15-18,20-23,31,33-34,37,42-43,53H,1,11-12,19,24-30,32,51H2,2-4H3,(H2,52,63)(H,54,67)(H,55,66)(H,56,68)(H,57,64)(H,58,65)/t33-,34+,37+,42+,43-/m1/s1. The largest absolute Gasteiger partial charge is 0.497 e. The molecule has 0 bridgehead atoms. The van der Waals surface area contributed by atoms with E-state index >= 15 is 0 Å². The molecule has 10 N–H and O–H groups in total. The number of aromatic amines is 1. The van der Waals surface area contributed by atoms with Gasteiger partial charge in [-0.1, -0.05) is 78.6 Å². The summed E-state index contributed by atoms with van der Waals surface area (Å²) in [6.07, 6.45) is 4.39. The first-order valence-corrected chi connectivity index (χ1v) is 22.8. The topological polar surface area (TPSA) is 266 Å². The van der Waals surface area contributed by atoms with E-state index < -0.39 is 78.0 Å². The Kier molecular flexibility index (Phi) is 19.7. The minimum atomic E-state index is -1.31. The lowest BCUT2D eigenvalue weighted by Crippen LogP contribution is -2.60. The van der Waals surface area contributed by atoms with Crippen LogP contribution in [-0.4, -0.2) is 119 Å². The average Bonchev–Trinajstić information content (AvgIpc) is 3.74. The van der Waals surface area contributed by atoms with E-state index in [9.17, 15) is 33.6 Å². The molecule has 5 rings (SSSR count). The van der Waals surface area contributed by atoms with Gasteiger partial charge in [0.05, 0.1) is 32.2 Å². The molecule has 1 aliphatic heterocycles. The first-order chi connectivity index (χ1) is 33.1. The Hall–Kier alpha value is -7.69. The Morgan fingerprint density at radius 3 is 2.29 bits per heavy atom. The van der Waals surface area contributed by atoms with Gasteiger partial charge >= 0.3 is 6.03 Å². The maximum absolute atomic E-state index is 14.5. The highest BCUT2D eigenvalue weighted by Gasteiger charge is 2.32. The van der Waals surface area contributed by atoms with Gasteiger partial charge in [0.25, 0.3) is 11.8 Å². The Labute approximate surface area is 402 Å². The van der Waals surface area contributed by atoms with Gasteiger partial charge in [-0.25, -0.2) is 14.8 Å².